The van der Waals surface area contributed by atoms with E-state index in [2.05, 4.69) is 25.7 Å². The average molecular weight is 414 g/mol. The molecule has 31 heavy (non-hydrogen) atoms. The van der Waals surface area contributed by atoms with E-state index in [0.29, 0.717) is 18.9 Å². The Morgan fingerprint density at radius 1 is 1.00 bits per heavy atom. The lowest BCUT2D eigenvalue weighted by Crippen LogP contribution is -2.29. The van der Waals surface area contributed by atoms with E-state index in [0.717, 1.165) is 33.8 Å². The van der Waals surface area contributed by atoms with Gasteiger partial charge in [0.2, 0.25) is 0 Å². The predicted octanol–water partition coefficient (Wildman–Crippen LogP) is 2.83. The van der Waals surface area contributed by atoms with E-state index < -0.39 is 6.17 Å². The molecule has 9 heteroatoms. The van der Waals surface area contributed by atoms with Gasteiger partial charge in [0, 0.05) is 31.0 Å². The number of alkyl halides is 1. The Bertz CT molecular complexity index is 1390. The summed E-state index contributed by atoms with van der Waals surface area (Å²) in [6, 6.07) is 11.3. The van der Waals surface area contributed by atoms with Gasteiger partial charge in [-0.1, -0.05) is 12.1 Å². The van der Waals surface area contributed by atoms with Crippen molar-refractivity contribution in [3.63, 3.8) is 0 Å². The maximum absolute atomic E-state index is 14.0. The number of fused-ring (bicyclic) bond motifs is 2. The number of hydrogen-bond donors (Lipinski definition) is 2. The molecule has 2 N–H and O–H groups in total. The molecular formula is C22H19FN8. The highest BCUT2D eigenvalue weighted by molar-refractivity contribution is 5.78. The second-order valence-electron chi connectivity index (χ2n) is 7.57. The van der Waals surface area contributed by atoms with Crippen LogP contribution in [0.2, 0.25) is 0 Å². The SMILES string of the molecule is FC1CNCC1Nc1cccc(-c2cnc3cnc(-c4cnn5ccccc45)cn23)n1. The monoisotopic (exact) mass is 414 g/mol. The molecule has 1 aliphatic rings. The van der Waals surface area contributed by atoms with Gasteiger partial charge in [0.1, 0.15) is 12.0 Å². The van der Waals surface area contributed by atoms with Crippen molar-refractivity contribution in [1.29, 1.82) is 0 Å². The minimum Gasteiger partial charge on any atom is -0.363 e. The largest absolute Gasteiger partial charge is 0.363 e. The third kappa shape index (κ3) is 3.10. The van der Waals surface area contributed by atoms with Crippen LogP contribution in [0.25, 0.3) is 33.8 Å². The summed E-state index contributed by atoms with van der Waals surface area (Å²) in [5.74, 6) is 0.640. The molecule has 5 aromatic heterocycles. The van der Waals surface area contributed by atoms with Crippen molar-refractivity contribution in [2.75, 3.05) is 18.4 Å². The van der Waals surface area contributed by atoms with Crippen LogP contribution in [0.1, 0.15) is 0 Å². The number of aromatic nitrogens is 6. The maximum atomic E-state index is 14.0. The third-order valence-electron chi connectivity index (χ3n) is 5.58. The first-order chi connectivity index (χ1) is 15.3. The molecule has 1 saturated heterocycles. The van der Waals surface area contributed by atoms with Crippen molar-refractivity contribution in [1.82, 2.24) is 34.3 Å². The lowest BCUT2D eigenvalue weighted by Gasteiger charge is -2.15. The van der Waals surface area contributed by atoms with Crippen LogP contribution in [0, 0.1) is 0 Å². The van der Waals surface area contributed by atoms with Gasteiger partial charge in [-0.3, -0.25) is 9.38 Å². The maximum Gasteiger partial charge on any atom is 0.155 e. The zero-order valence-electron chi connectivity index (χ0n) is 16.5. The molecule has 0 saturated carbocycles. The molecule has 0 aromatic carbocycles. The van der Waals surface area contributed by atoms with Crippen molar-refractivity contribution < 1.29 is 4.39 Å². The smallest absolute Gasteiger partial charge is 0.155 e. The number of imidazole rings is 1. The van der Waals surface area contributed by atoms with E-state index in [1.807, 2.05) is 63.9 Å². The summed E-state index contributed by atoms with van der Waals surface area (Å²) < 4.78 is 17.8. The predicted molar refractivity (Wildman–Crippen MR) is 116 cm³/mol. The molecule has 154 valence electrons. The molecule has 6 rings (SSSR count). The molecule has 2 unspecified atom stereocenters. The van der Waals surface area contributed by atoms with E-state index in [1.54, 1.807) is 12.4 Å². The molecule has 1 fully saturated rings. The molecule has 1 aliphatic heterocycles. The van der Waals surface area contributed by atoms with Crippen LogP contribution >= 0.6 is 0 Å². The Morgan fingerprint density at radius 3 is 2.87 bits per heavy atom. The van der Waals surface area contributed by atoms with Crippen molar-refractivity contribution >= 4 is 17.0 Å². The lowest BCUT2D eigenvalue weighted by atomic mass is 10.2. The van der Waals surface area contributed by atoms with Crippen LogP contribution in [0.3, 0.4) is 0 Å². The van der Waals surface area contributed by atoms with E-state index in [1.165, 1.54) is 0 Å². The van der Waals surface area contributed by atoms with Gasteiger partial charge in [0.25, 0.3) is 0 Å². The summed E-state index contributed by atoms with van der Waals surface area (Å²) in [6.45, 7) is 0.946. The quantitative estimate of drug-likeness (QED) is 0.471. The molecule has 6 heterocycles. The first kappa shape index (κ1) is 18.0. The molecular weight excluding hydrogens is 395 g/mol. The molecule has 0 aliphatic carbocycles. The van der Waals surface area contributed by atoms with Gasteiger partial charge in [0.15, 0.2) is 5.65 Å². The van der Waals surface area contributed by atoms with Crippen LogP contribution in [-0.4, -0.2) is 54.3 Å². The summed E-state index contributed by atoms with van der Waals surface area (Å²) in [6.07, 6.45) is 8.25. The summed E-state index contributed by atoms with van der Waals surface area (Å²) in [5.41, 5.74) is 5.01. The number of hydrogen-bond acceptors (Lipinski definition) is 6. The number of halogens is 1. The first-order valence-electron chi connectivity index (χ1n) is 10.1. The number of nitrogens with one attached hydrogen (secondary N) is 2. The van der Waals surface area contributed by atoms with Gasteiger partial charge in [-0.25, -0.2) is 18.9 Å². The van der Waals surface area contributed by atoms with E-state index in [4.69, 9.17) is 4.98 Å². The van der Waals surface area contributed by atoms with Crippen molar-refractivity contribution in [3.05, 3.63) is 67.4 Å². The topological polar surface area (TPSA) is 84.4 Å². The molecule has 2 atom stereocenters. The molecule has 8 nitrogen and oxygen atoms in total. The van der Waals surface area contributed by atoms with Gasteiger partial charge >= 0.3 is 0 Å². The van der Waals surface area contributed by atoms with Gasteiger partial charge in [-0.2, -0.15) is 5.10 Å². The van der Waals surface area contributed by atoms with Gasteiger partial charge < -0.3 is 10.6 Å². The number of rotatable bonds is 4. The highest BCUT2D eigenvalue weighted by Crippen LogP contribution is 2.26. The van der Waals surface area contributed by atoms with Crippen LogP contribution in [0.15, 0.2) is 67.4 Å². The fourth-order valence-electron chi connectivity index (χ4n) is 3.99. The highest BCUT2D eigenvalue weighted by Gasteiger charge is 2.26. The fourth-order valence-corrected chi connectivity index (χ4v) is 3.99. The van der Waals surface area contributed by atoms with Crippen LogP contribution in [0.5, 0.6) is 0 Å². The Kier molecular flexibility index (Phi) is 4.13. The Balaban J connectivity index is 1.40. The van der Waals surface area contributed by atoms with Crippen molar-refractivity contribution in [2.45, 2.75) is 12.2 Å². The molecule has 0 amide bonds. The Labute approximate surface area is 176 Å². The minimum absolute atomic E-state index is 0.281. The van der Waals surface area contributed by atoms with Crippen LogP contribution in [0.4, 0.5) is 10.2 Å². The Morgan fingerprint density at radius 2 is 1.97 bits per heavy atom. The fraction of sp³-hybridized carbons (Fsp3) is 0.182. The normalized spacial score (nSPS) is 18.7. The molecule has 0 radical (unpaired) electrons. The van der Waals surface area contributed by atoms with E-state index in [-0.39, 0.29) is 6.04 Å². The van der Waals surface area contributed by atoms with Crippen LogP contribution < -0.4 is 10.6 Å². The summed E-state index contributed by atoms with van der Waals surface area (Å²) in [7, 11) is 0. The number of nitrogens with zero attached hydrogens (tertiary/aromatic N) is 6. The summed E-state index contributed by atoms with van der Waals surface area (Å²) in [5, 5.41) is 10.6. The van der Waals surface area contributed by atoms with E-state index in [9.17, 15) is 4.39 Å². The zero-order chi connectivity index (χ0) is 20.8. The Hall–Kier alpha value is -3.85. The lowest BCUT2D eigenvalue weighted by molar-refractivity contribution is 0.342. The van der Waals surface area contributed by atoms with Crippen LogP contribution in [-0.2, 0) is 0 Å². The van der Waals surface area contributed by atoms with Gasteiger partial charge in [0.05, 0.1) is 47.2 Å². The molecule has 5 aromatic rings. The summed E-state index contributed by atoms with van der Waals surface area (Å²) >= 11 is 0. The van der Waals surface area contributed by atoms with Gasteiger partial charge in [-0.15, -0.1) is 0 Å². The first-order valence-corrected chi connectivity index (χ1v) is 10.1. The third-order valence-corrected chi connectivity index (χ3v) is 5.58. The summed E-state index contributed by atoms with van der Waals surface area (Å²) in [4.78, 5) is 13.8. The number of pyridine rings is 2. The second kappa shape index (κ2) is 7.13. The van der Waals surface area contributed by atoms with Crippen molar-refractivity contribution in [3.8, 4) is 22.6 Å². The van der Waals surface area contributed by atoms with E-state index >= 15 is 0 Å². The molecule has 0 bridgehead atoms. The minimum atomic E-state index is -0.930. The number of anilines is 1. The highest BCUT2D eigenvalue weighted by atomic mass is 19.1. The standard InChI is InChI=1S/C22H19FN8/c23-15-9-24-10-17(15)29-21-6-3-4-16(28-21)20-11-26-22-12-25-18(13-30(20)22)14-8-27-31-7-2-1-5-19(14)31/h1-8,11-13,15,17,24H,9-10H2,(H,28,29). The average Bonchev–Trinajstić information content (AvgIpc) is 3.52. The van der Waals surface area contributed by atoms with Gasteiger partial charge in [-0.05, 0) is 24.3 Å². The second-order valence-corrected chi connectivity index (χ2v) is 7.57. The van der Waals surface area contributed by atoms with Crippen molar-refractivity contribution in [2.24, 2.45) is 0 Å². The molecule has 0 spiro atoms. The zero-order valence-corrected chi connectivity index (χ0v) is 16.5.